The average molecular weight is 403 g/mol. The minimum absolute atomic E-state index is 0.0615. The maximum atomic E-state index is 12.8. The first-order chi connectivity index (χ1) is 13.2. The highest BCUT2D eigenvalue weighted by Gasteiger charge is 2.46. The van der Waals surface area contributed by atoms with Crippen LogP contribution in [0.15, 0.2) is 40.5 Å². The number of nitro groups is 1. The lowest BCUT2D eigenvalue weighted by Crippen LogP contribution is -2.40. The standard InChI is InChI=1S/C19H21N3O5S/c1-10(2)9-27-18(24)15-11(3)20-19-21(17(23)12(4)28-19)16(15)13-5-7-14(8-6-13)22(25)26/h5-8,10,12,16H,9H2,1-4H3. The van der Waals surface area contributed by atoms with E-state index in [2.05, 4.69) is 4.99 Å². The Kier molecular flexibility index (Phi) is 5.55. The molecule has 9 heteroatoms. The topological polar surface area (TPSA) is 102 Å². The molecule has 0 aliphatic carbocycles. The molecule has 2 aliphatic heterocycles. The second-order valence-electron chi connectivity index (χ2n) is 7.11. The van der Waals surface area contributed by atoms with Crippen molar-refractivity contribution in [1.29, 1.82) is 0 Å². The van der Waals surface area contributed by atoms with E-state index in [0.717, 1.165) is 0 Å². The molecule has 2 heterocycles. The average Bonchev–Trinajstić information content (AvgIpc) is 2.92. The summed E-state index contributed by atoms with van der Waals surface area (Å²) >= 11 is 1.33. The van der Waals surface area contributed by atoms with E-state index in [0.29, 0.717) is 16.4 Å². The Morgan fingerprint density at radius 3 is 2.57 bits per heavy atom. The van der Waals surface area contributed by atoms with Gasteiger partial charge in [-0.2, -0.15) is 0 Å². The Hall–Kier alpha value is -2.68. The van der Waals surface area contributed by atoms with Gasteiger partial charge in [0.25, 0.3) is 5.69 Å². The van der Waals surface area contributed by atoms with Crippen LogP contribution >= 0.6 is 11.8 Å². The number of ether oxygens (including phenoxy) is 1. The van der Waals surface area contributed by atoms with Crippen molar-refractivity contribution in [3.8, 4) is 0 Å². The summed E-state index contributed by atoms with van der Waals surface area (Å²) in [7, 11) is 0. The van der Waals surface area contributed by atoms with Crippen LogP contribution in [-0.2, 0) is 14.3 Å². The van der Waals surface area contributed by atoms with Gasteiger partial charge in [0.1, 0.15) is 0 Å². The number of nitro benzene ring substituents is 1. The molecule has 1 aromatic rings. The summed E-state index contributed by atoms with van der Waals surface area (Å²) in [6.07, 6.45) is 0. The molecule has 0 radical (unpaired) electrons. The number of aliphatic imine (C=N–C) groups is 1. The lowest BCUT2D eigenvalue weighted by atomic mass is 9.94. The molecule has 1 fully saturated rings. The third kappa shape index (κ3) is 3.66. The highest BCUT2D eigenvalue weighted by atomic mass is 32.2. The number of nitrogens with zero attached hydrogens (tertiary/aromatic N) is 3. The van der Waals surface area contributed by atoms with Crippen molar-refractivity contribution in [2.45, 2.75) is 39.0 Å². The first-order valence-electron chi connectivity index (χ1n) is 8.91. The van der Waals surface area contributed by atoms with Gasteiger partial charge in [-0.1, -0.05) is 25.6 Å². The molecule has 28 heavy (non-hydrogen) atoms. The number of benzene rings is 1. The van der Waals surface area contributed by atoms with Crippen molar-refractivity contribution in [2.75, 3.05) is 6.61 Å². The minimum atomic E-state index is -0.724. The van der Waals surface area contributed by atoms with Crippen LogP contribution in [0.25, 0.3) is 0 Å². The Balaban J connectivity index is 2.06. The zero-order valence-corrected chi connectivity index (χ0v) is 16.9. The Morgan fingerprint density at radius 2 is 2.00 bits per heavy atom. The molecule has 0 aromatic heterocycles. The number of hydrogen-bond acceptors (Lipinski definition) is 7. The first kappa shape index (κ1) is 20.1. The summed E-state index contributed by atoms with van der Waals surface area (Å²) in [5.41, 5.74) is 1.30. The smallest absolute Gasteiger partial charge is 0.338 e. The van der Waals surface area contributed by atoms with Crippen molar-refractivity contribution in [1.82, 2.24) is 4.90 Å². The Bertz CT molecular complexity index is 891. The van der Waals surface area contributed by atoms with E-state index in [1.54, 1.807) is 26.0 Å². The molecule has 2 aliphatic rings. The first-order valence-corrected chi connectivity index (χ1v) is 9.79. The highest BCUT2D eigenvalue weighted by molar-refractivity contribution is 8.15. The van der Waals surface area contributed by atoms with Gasteiger partial charge >= 0.3 is 5.97 Å². The largest absolute Gasteiger partial charge is 0.462 e. The van der Waals surface area contributed by atoms with Gasteiger partial charge in [-0.25, -0.2) is 9.79 Å². The molecule has 1 aromatic carbocycles. The van der Waals surface area contributed by atoms with Crippen molar-refractivity contribution < 1.29 is 19.2 Å². The van der Waals surface area contributed by atoms with E-state index in [4.69, 9.17) is 4.74 Å². The molecule has 148 valence electrons. The maximum Gasteiger partial charge on any atom is 0.338 e. The number of amidine groups is 1. The zero-order chi connectivity index (χ0) is 20.6. The number of rotatable bonds is 5. The lowest BCUT2D eigenvalue weighted by Gasteiger charge is -2.33. The predicted molar refractivity (Wildman–Crippen MR) is 106 cm³/mol. The third-order valence-corrected chi connectivity index (χ3v) is 5.50. The molecule has 1 saturated heterocycles. The number of allylic oxidation sites excluding steroid dienone is 1. The number of carbonyl (C=O) groups excluding carboxylic acids is 2. The molecule has 0 bridgehead atoms. The monoisotopic (exact) mass is 403 g/mol. The molecule has 3 rings (SSSR count). The molecule has 0 spiro atoms. The van der Waals surface area contributed by atoms with Crippen LogP contribution in [0.3, 0.4) is 0 Å². The normalized spacial score (nSPS) is 21.7. The van der Waals surface area contributed by atoms with Gasteiger partial charge in [-0.3, -0.25) is 19.8 Å². The summed E-state index contributed by atoms with van der Waals surface area (Å²) in [5, 5.41) is 11.2. The number of non-ortho nitro benzene ring substituents is 1. The quantitative estimate of drug-likeness (QED) is 0.424. The van der Waals surface area contributed by atoms with Gasteiger partial charge in [-0.15, -0.1) is 0 Å². The van der Waals surface area contributed by atoms with Crippen LogP contribution in [-0.4, -0.2) is 38.7 Å². The molecular formula is C19H21N3O5S. The number of hydrogen-bond donors (Lipinski definition) is 0. The maximum absolute atomic E-state index is 12.8. The van der Waals surface area contributed by atoms with E-state index >= 15 is 0 Å². The van der Waals surface area contributed by atoms with Crippen molar-refractivity contribution in [3.63, 3.8) is 0 Å². The molecule has 0 N–H and O–H groups in total. The van der Waals surface area contributed by atoms with Crippen LogP contribution in [0.2, 0.25) is 0 Å². The lowest BCUT2D eigenvalue weighted by molar-refractivity contribution is -0.384. The van der Waals surface area contributed by atoms with Gasteiger partial charge in [0.15, 0.2) is 5.17 Å². The summed E-state index contributed by atoms with van der Waals surface area (Å²) < 4.78 is 5.42. The Labute approximate surface area is 166 Å². The molecule has 1 amide bonds. The number of carbonyl (C=O) groups is 2. The molecular weight excluding hydrogens is 382 g/mol. The summed E-state index contributed by atoms with van der Waals surface area (Å²) in [6.45, 7) is 7.61. The zero-order valence-electron chi connectivity index (χ0n) is 16.0. The van der Waals surface area contributed by atoms with E-state index in [1.165, 1.54) is 28.8 Å². The van der Waals surface area contributed by atoms with Crippen LogP contribution in [0.5, 0.6) is 0 Å². The molecule has 0 saturated carbocycles. The fraction of sp³-hybridized carbons (Fsp3) is 0.421. The minimum Gasteiger partial charge on any atom is -0.462 e. The van der Waals surface area contributed by atoms with Gasteiger partial charge < -0.3 is 4.74 Å². The van der Waals surface area contributed by atoms with E-state index < -0.39 is 16.9 Å². The van der Waals surface area contributed by atoms with Crippen molar-refractivity contribution in [3.05, 3.63) is 51.2 Å². The van der Waals surface area contributed by atoms with Gasteiger partial charge in [0.2, 0.25) is 5.91 Å². The van der Waals surface area contributed by atoms with Crippen LogP contribution in [0, 0.1) is 16.0 Å². The SMILES string of the molecule is CC1=C(C(=O)OCC(C)C)C(c2ccc([N+](=O)[O-])cc2)N2C(=O)C(C)SC2=N1. The molecule has 8 nitrogen and oxygen atoms in total. The highest BCUT2D eigenvalue weighted by Crippen LogP contribution is 2.43. The number of thioether (sulfide) groups is 1. The fourth-order valence-electron chi connectivity index (χ4n) is 3.08. The van der Waals surface area contributed by atoms with Crippen molar-refractivity contribution >= 4 is 34.5 Å². The fourth-order valence-corrected chi connectivity index (χ4v) is 4.11. The second-order valence-corrected chi connectivity index (χ2v) is 8.41. The van der Waals surface area contributed by atoms with E-state index in [-0.39, 0.29) is 34.9 Å². The van der Waals surface area contributed by atoms with Gasteiger partial charge in [-0.05, 0) is 37.5 Å². The summed E-state index contributed by atoms with van der Waals surface area (Å²) in [5.74, 6) is -0.530. The second kappa shape index (κ2) is 7.75. The summed E-state index contributed by atoms with van der Waals surface area (Å²) in [4.78, 5) is 42.1. The Morgan fingerprint density at radius 1 is 1.36 bits per heavy atom. The van der Waals surface area contributed by atoms with Gasteiger partial charge in [0, 0.05) is 12.1 Å². The number of esters is 1. The van der Waals surface area contributed by atoms with Crippen LogP contribution in [0.1, 0.15) is 39.3 Å². The third-order valence-electron chi connectivity index (χ3n) is 4.45. The summed E-state index contributed by atoms with van der Waals surface area (Å²) in [6, 6.07) is 5.14. The molecule has 2 unspecified atom stereocenters. The predicted octanol–water partition coefficient (Wildman–Crippen LogP) is 3.44. The number of fused-ring (bicyclic) bond motifs is 1. The number of amides is 1. The van der Waals surface area contributed by atoms with Crippen molar-refractivity contribution in [2.24, 2.45) is 10.9 Å². The van der Waals surface area contributed by atoms with E-state index in [9.17, 15) is 19.7 Å². The molecule has 2 atom stereocenters. The van der Waals surface area contributed by atoms with Crippen LogP contribution in [0.4, 0.5) is 5.69 Å². The van der Waals surface area contributed by atoms with Gasteiger partial charge in [0.05, 0.1) is 34.1 Å². The van der Waals surface area contributed by atoms with Crippen LogP contribution < -0.4 is 0 Å². The van der Waals surface area contributed by atoms with E-state index in [1.807, 2.05) is 13.8 Å².